The number of anilines is 2. The number of aromatic carboxylic acids is 1. The lowest BCUT2D eigenvalue weighted by molar-refractivity contribution is -0.114. The van der Waals surface area contributed by atoms with E-state index in [0.717, 1.165) is 11.8 Å². The van der Waals surface area contributed by atoms with Crippen molar-refractivity contribution in [2.45, 2.75) is 0 Å². The van der Waals surface area contributed by atoms with Crippen molar-refractivity contribution in [1.29, 1.82) is 0 Å². The van der Waals surface area contributed by atoms with Crippen LogP contribution in [-0.4, -0.2) is 38.8 Å². The summed E-state index contributed by atoms with van der Waals surface area (Å²) in [5.41, 5.74) is 4.05. The molecular formula is C34H23ClN4O4S. The van der Waals surface area contributed by atoms with E-state index >= 15 is 0 Å². The Bertz CT molecular complexity index is 1980. The monoisotopic (exact) mass is 618 g/mol. The number of amides is 2. The molecule has 0 fully saturated rings. The van der Waals surface area contributed by atoms with Gasteiger partial charge in [0.2, 0.25) is 5.91 Å². The lowest BCUT2D eigenvalue weighted by Gasteiger charge is -2.17. The normalized spacial score (nSPS) is 13.8. The van der Waals surface area contributed by atoms with Crippen LogP contribution in [0.3, 0.4) is 0 Å². The summed E-state index contributed by atoms with van der Waals surface area (Å²) in [5.74, 6) is -1.63. The van der Waals surface area contributed by atoms with Crippen molar-refractivity contribution in [3.63, 3.8) is 0 Å². The van der Waals surface area contributed by atoms with E-state index in [1.165, 1.54) is 4.90 Å². The highest BCUT2D eigenvalue weighted by Crippen LogP contribution is 2.31. The fraction of sp³-hybridized carbons (Fsp3) is 0.0294. The summed E-state index contributed by atoms with van der Waals surface area (Å²) in [5, 5.41) is 14.0. The molecule has 44 heavy (non-hydrogen) atoms. The van der Waals surface area contributed by atoms with Gasteiger partial charge >= 0.3 is 5.97 Å². The summed E-state index contributed by atoms with van der Waals surface area (Å²) in [7, 11) is 0. The van der Waals surface area contributed by atoms with Crippen molar-refractivity contribution in [1.82, 2.24) is 4.98 Å². The maximum atomic E-state index is 13.4. The number of rotatable bonds is 7. The first-order chi connectivity index (χ1) is 21.4. The molecule has 216 valence electrons. The van der Waals surface area contributed by atoms with Crippen molar-refractivity contribution in [2.75, 3.05) is 16.0 Å². The Hall–Kier alpha value is -5.25. The molecule has 0 aliphatic carbocycles. The number of hydrogen-bond donors (Lipinski definition) is 2. The van der Waals surface area contributed by atoms with E-state index in [9.17, 15) is 19.5 Å². The molecule has 0 bridgehead atoms. The van der Waals surface area contributed by atoms with Crippen LogP contribution >= 0.6 is 23.4 Å². The van der Waals surface area contributed by atoms with Gasteiger partial charge in [-0.15, -0.1) is 0 Å². The molecule has 1 aliphatic heterocycles. The van der Waals surface area contributed by atoms with Crippen molar-refractivity contribution in [2.24, 2.45) is 4.99 Å². The van der Waals surface area contributed by atoms with Crippen molar-refractivity contribution in [3.8, 4) is 11.3 Å². The van der Waals surface area contributed by atoms with Gasteiger partial charge in [-0.25, -0.2) is 14.8 Å². The highest BCUT2D eigenvalue weighted by molar-refractivity contribution is 8.14. The van der Waals surface area contributed by atoms with Crippen LogP contribution in [0, 0.1) is 0 Å². The molecule has 10 heteroatoms. The van der Waals surface area contributed by atoms with Gasteiger partial charge in [0.05, 0.1) is 28.2 Å². The van der Waals surface area contributed by atoms with Crippen LogP contribution in [0.5, 0.6) is 0 Å². The van der Waals surface area contributed by atoms with Gasteiger partial charge in [0.25, 0.3) is 5.91 Å². The van der Waals surface area contributed by atoms with Crippen molar-refractivity contribution < 1.29 is 19.5 Å². The zero-order valence-electron chi connectivity index (χ0n) is 23.0. The summed E-state index contributed by atoms with van der Waals surface area (Å²) < 4.78 is 0. The Morgan fingerprint density at radius 2 is 1.61 bits per heavy atom. The number of carbonyl (C=O) groups is 3. The lowest BCUT2D eigenvalue weighted by Crippen LogP contribution is -2.31. The largest absolute Gasteiger partial charge is 0.478 e. The van der Waals surface area contributed by atoms with Gasteiger partial charge in [-0.1, -0.05) is 90.1 Å². The van der Waals surface area contributed by atoms with Gasteiger partial charge in [0, 0.05) is 21.7 Å². The van der Waals surface area contributed by atoms with Crippen LogP contribution in [0.2, 0.25) is 5.02 Å². The van der Waals surface area contributed by atoms with Crippen LogP contribution in [0.4, 0.5) is 11.4 Å². The molecule has 0 saturated heterocycles. The predicted octanol–water partition coefficient (Wildman–Crippen LogP) is 7.37. The van der Waals surface area contributed by atoms with Crippen LogP contribution in [-0.2, 0) is 9.59 Å². The second kappa shape index (κ2) is 12.5. The van der Waals surface area contributed by atoms with Gasteiger partial charge in [-0.2, -0.15) is 0 Å². The van der Waals surface area contributed by atoms with Crippen molar-refractivity contribution >= 4 is 74.7 Å². The van der Waals surface area contributed by atoms with Crippen LogP contribution in [0.15, 0.2) is 120 Å². The Morgan fingerprint density at radius 3 is 2.36 bits per heavy atom. The number of fused-ring (bicyclic) bond motifs is 1. The first kappa shape index (κ1) is 28.9. The maximum absolute atomic E-state index is 13.4. The van der Waals surface area contributed by atoms with Crippen LogP contribution in [0.1, 0.15) is 15.9 Å². The Morgan fingerprint density at radius 1 is 0.909 bits per heavy atom. The number of carboxylic acids is 1. The average Bonchev–Trinajstić information content (AvgIpc) is 3.35. The lowest BCUT2D eigenvalue weighted by atomic mass is 10.0. The molecule has 1 aliphatic rings. The molecule has 0 unspecified atom stereocenters. The summed E-state index contributed by atoms with van der Waals surface area (Å²) in [4.78, 5) is 48.8. The minimum Gasteiger partial charge on any atom is -0.478 e. The number of para-hydroxylation sites is 2. The van der Waals surface area contributed by atoms with E-state index in [-0.39, 0.29) is 28.8 Å². The van der Waals surface area contributed by atoms with E-state index in [1.54, 1.807) is 78.9 Å². The number of carbonyl (C=O) groups excluding carboxylic acids is 2. The van der Waals surface area contributed by atoms with E-state index in [4.69, 9.17) is 11.6 Å². The zero-order valence-corrected chi connectivity index (χ0v) is 24.5. The summed E-state index contributed by atoms with van der Waals surface area (Å²) in [6.45, 7) is 0. The molecule has 4 aromatic carbocycles. The third-order valence-electron chi connectivity index (χ3n) is 6.78. The SMILES string of the molecule is O=C(CSC1=N/C(=C\c2ccccc2Cl)C(=O)N1c1ccccc1)Nc1ccc(-c2cc(C(=O)O)c3ccccc3n2)cc1. The molecular weight excluding hydrogens is 596 g/mol. The van der Waals surface area contributed by atoms with Crippen LogP contribution in [0.25, 0.3) is 28.2 Å². The fourth-order valence-corrected chi connectivity index (χ4v) is 5.69. The number of thioether (sulfide) groups is 1. The molecule has 0 saturated carbocycles. The summed E-state index contributed by atoms with van der Waals surface area (Å²) >= 11 is 7.45. The number of amidine groups is 1. The molecule has 2 N–H and O–H groups in total. The number of nitrogens with zero attached hydrogens (tertiary/aromatic N) is 3. The van der Waals surface area contributed by atoms with Gasteiger partial charge in [-0.05, 0) is 54.1 Å². The summed E-state index contributed by atoms with van der Waals surface area (Å²) in [6.07, 6.45) is 1.64. The van der Waals surface area contributed by atoms with Gasteiger partial charge in [-0.3, -0.25) is 14.5 Å². The molecule has 0 atom stereocenters. The minimum atomic E-state index is -1.03. The second-order valence-corrected chi connectivity index (χ2v) is 11.1. The third kappa shape index (κ3) is 6.10. The molecule has 2 amide bonds. The van der Waals surface area contributed by atoms with Gasteiger partial charge in [0.15, 0.2) is 5.17 Å². The van der Waals surface area contributed by atoms with E-state index in [2.05, 4.69) is 15.3 Å². The predicted molar refractivity (Wildman–Crippen MR) is 176 cm³/mol. The Labute approximate surface area is 261 Å². The molecule has 8 nitrogen and oxygen atoms in total. The highest BCUT2D eigenvalue weighted by atomic mass is 35.5. The number of pyridine rings is 1. The first-order valence-electron chi connectivity index (χ1n) is 13.5. The standard InChI is InChI=1S/C34H23ClN4O4S/c35-27-12-6-4-8-22(27)18-30-32(41)39(24-9-2-1-3-10-24)34(38-30)44-20-31(40)36-23-16-14-21(15-17-23)29-19-26(33(42)43)25-11-5-7-13-28(25)37-29/h1-19H,20H2,(H,36,40)(H,42,43)/b30-18-. The number of aliphatic imine (C=N–C) groups is 1. The Balaban J connectivity index is 1.18. The molecule has 1 aromatic heterocycles. The number of benzene rings is 4. The van der Waals surface area contributed by atoms with E-state index in [1.807, 2.05) is 36.4 Å². The first-order valence-corrected chi connectivity index (χ1v) is 14.8. The highest BCUT2D eigenvalue weighted by Gasteiger charge is 2.32. The van der Waals surface area contributed by atoms with Crippen molar-refractivity contribution in [3.05, 3.63) is 131 Å². The molecule has 2 heterocycles. The molecule has 5 aromatic rings. The smallest absolute Gasteiger partial charge is 0.336 e. The molecule has 0 radical (unpaired) electrons. The minimum absolute atomic E-state index is 0.00474. The number of aromatic nitrogens is 1. The van der Waals surface area contributed by atoms with E-state index < -0.39 is 5.97 Å². The third-order valence-corrected chi connectivity index (χ3v) is 8.07. The molecule has 0 spiro atoms. The topological polar surface area (TPSA) is 112 Å². The van der Waals surface area contributed by atoms with Gasteiger partial charge in [0.1, 0.15) is 5.70 Å². The second-order valence-electron chi connectivity index (χ2n) is 9.71. The average molecular weight is 619 g/mol. The van der Waals surface area contributed by atoms with E-state index in [0.29, 0.717) is 49.3 Å². The molecule has 6 rings (SSSR count). The zero-order chi connectivity index (χ0) is 30.6. The van der Waals surface area contributed by atoms with Gasteiger partial charge < -0.3 is 10.4 Å². The Kier molecular flexibility index (Phi) is 8.23. The quantitative estimate of drug-likeness (QED) is 0.184. The fourth-order valence-electron chi connectivity index (χ4n) is 4.69. The maximum Gasteiger partial charge on any atom is 0.336 e. The number of halogens is 1. The number of carboxylic acid groups (broad SMARTS) is 1. The number of nitrogens with one attached hydrogen (secondary N) is 1. The van der Waals surface area contributed by atoms with Crippen LogP contribution < -0.4 is 10.2 Å². The number of hydrogen-bond acceptors (Lipinski definition) is 6. The summed E-state index contributed by atoms with van der Waals surface area (Å²) in [6, 6.07) is 31.9.